The van der Waals surface area contributed by atoms with Crippen LogP contribution in [0.15, 0.2) is 6.07 Å². The third kappa shape index (κ3) is 4.56. The highest BCUT2D eigenvalue weighted by Crippen LogP contribution is 2.20. The summed E-state index contributed by atoms with van der Waals surface area (Å²) in [5, 5.41) is 6.91. The molecule has 2 heterocycles. The summed E-state index contributed by atoms with van der Waals surface area (Å²) in [5.41, 5.74) is 0. The van der Waals surface area contributed by atoms with Gasteiger partial charge in [0, 0.05) is 37.7 Å². The van der Waals surface area contributed by atoms with E-state index in [-0.39, 0.29) is 0 Å². The summed E-state index contributed by atoms with van der Waals surface area (Å²) >= 11 is 0. The van der Waals surface area contributed by atoms with Crippen molar-refractivity contribution in [3.05, 3.63) is 11.9 Å². The molecule has 5 nitrogen and oxygen atoms in total. The van der Waals surface area contributed by atoms with Gasteiger partial charge in [-0.15, -0.1) is 0 Å². The first kappa shape index (κ1) is 16.0. The van der Waals surface area contributed by atoms with Crippen molar-refractivity contribution >= 4 is 11.6 Å². The molecule has 0 radical (unpaired) electrons. The molecule has 0 amide bonds. The second-order valence-corrected chi connectivity index (χ2v) is 6.03. The van der Waals surface area contributed by atoms with Gasteiger partial charge in [-0.3, -0.25) is 0 Å². The predicted molar refractivity (Wildman–Crippen MR) is 88.9 cm³/mol. The molecule has 1 aromatic rings. The standard InChI is InChI=1S/C16H29N5/c1-5-7-14-19-15(17-6-2)11-16(20-14)18-13-8-9-21(4)12(3)10-13/h11-13H,5-10H2,1-4H3,(H2,17,18,19,20). The molecule has 2 rings (SSSR count). The maximum atomic E-state index is 4.67. The number of aryl methyl sites for hydroxylation is 1. The number of hydrogen-bond acceptors (Lipinski definition) is 5. The molecule has 0 spiro atoms. The monoisotopic (exact) mass is 291 g/mol. The summed E-state index contributed by atoms with van der Waals surface area (Å²) in [4.78, 5) is 11.7. The van der Waals surface area contributed by atoms with Crippen LogP contribution < -0.4 is 10.6 Å². The Balaban J connectivity index is 2.07. The number of nitrogens with one attached hydrogen (secondary N) is 2. The first-order valence-electron chi connectivity index (χ1n) is 8.21. The Hall–Kier alpha value is -1.36. The largest absolute Gasteiger partial charge is 0.370 e. The van der Waals surface area contributed by atoms with Crippen LogP contribution in [0.3, 0.4) is 0 Å². The average Bonchev–Trinajstić information content (AvgIpc) is 2.43. The number of rotatable bonds is 6. The van der Waals surface area contributed by atoms with E-state index in [1.54, 1.807) is 0 Å². The van der Waals surface area contributed by atoms with E-state index in [0.717, 1.165) is 43.4 Å². The zero-order chi connectivity index (χ0) is 15.2. The average molecular weight is 291 g/mol. The highest BCUT2D eigenvalue weighted by molar-refractivity contribution is 5.48. The van der Waals surface area contributed by atoms with Gasteiger partial charge in [-0.25, -0.2) is 9.97 Å². The van der Waals surface area contributed by atoms with Crippen LogP contribution in [0, 0.1) is 0 Å². The Kier molecular flexibility index (Phi) is 5.79. The van der Waals surface area contributed by atoms with Gasteiger partial charge in [0.2, 0.25) is 0 Å². The second-order valence-electron chi connectivity index (χ2n) is 6.03. The molecule has 1 fully saturated rings. The van der Waals surface area contributed by atoms with Crippen LogP contribution in [0.1, 0.15) is 45.9 Å². The summed E-state index contributed by atoms with van der Waals surface area (Å²) in [7, 11) is 2.20. The topological polar surface area (TPSA) is 53.1 Å². The van der Waals surface area contributed by atoms with E-state index < -0.39 is 0 Å². The van der Waals surface area contributed by atoms with Crippen molar-refractivity contribution in [2.24, 2.45) is 0 Å². The smallest absolute Gasteiger partial charge is 0.133 e. The zero-order valence-electron chi connectivity index (χ0n) is 13.8. The number of anilines is 2. The third-order valence-electron chi connectivity index (χ3n) is 4.16. The molecule has 118 valence electrons. The van der Waals surface area contributed by atoms with Crippen molar-refractivity contribution in [1.29, 1.82) is 0 Å². The van der Waals surface area contributed by atoms with Crippen LogP contribution >= 0.6 is 0 Å². The second kappa shape index (κ2) is 7.59. The molecule has 1 aliphatic rings. The van der Waals surface area contributed by atoms with E-state index in [1.165, 1.54) is 12.8 Å². The van der Waals surface area contributed by atoms with Crippen molar-refractivity contribution in [2.75, 3.05) is 30.8 Å². The fourth-order valence-corrected chi connectivity index (χ4v) is 2.81. The Bertz CT molecular complexity index is 424. The van der Waals surface area contributed by atoms with E-state index in [0.29, 0.717) is 12.1 Å². The van der Waals surface area contributed by atoms with E-state index in [2.05, 4.69) is 53.3 Å². The van der Waals surface area contributed by atoms with Gasteiger partial charge in [-0.1, -0.05) is 6.92 Å². The summed E-state index contributed by atoms with van der Waals surface area (Å²) in [5.74, 6) is 2.82. The lowest BCUT2D eigenvalue weighted by Gasteiger charge is -2.35. The van der Waals surface area contributed by atoms with Crippen LogP contribution in [0.2, 0.25) is 0 Å². The minimum absolute atomic E-state index is 0.509. The Morgan fingerprint density at radius 1 is 1.29 bits per heavy atom. The molecule has 1 saturated heterocycles. The SMILES string of the molecule is CCCc1nc(NCC)cc(NC2CCN(C)C(C)C2)n1. The van der Waals surface area contributed by atoms with Gasteiger partial charge in [0.05, 0.1) is 0 Å². The molecule has 0 bridgehead atoms. The molecule has 2 unspecified atom stereocenters. The molecule has 0 aliphatic carbocycles. The van der Waals surface area contributed by atoms with Crippen molar-refractivity contribution in [3.8, 4) is 0 Å². The normalized spacial score (nSPS) is 23.0. The molecular weight excluding hydrogens is 262 g/mol. The van der Waals surface area contributed by atoms with E-state index in [1.807, 2.05) is 6.07 Å². The summed E-state index contributed by atoms with van der Waals surface area (Å²) < 4.78 is 0. The highest BCUT2D eigenvalue weighted by atomic mass is 15.2. The summed E-state index contributed by atoms with van der Waals surface area (Å²) in [6, 6.07) is 3.17. The van der Waals surface area contributed by atoms with Gasteiger partial charge in [0.1, 0.15) is 17.5 Å². The van der Waals surface area contributed by atoms with Gasteiger partial charge in [0.25, 0.3) is 0 Å². The van der Waals surface area contributed by atoms with Gasteiger partial charge < -0.3 is 15.5 Å². The lowest BCUT2D eigenvalue weighted by molar-refractivity contribution is 0.190. The fourth-order valence-electron chi connectivity index (χ4n) is 2.81. The first-order valence-corrected chi connectivity index (χ1v) is 8.21. The molecule has 1 aromatic heterocycles. The van der Waals surface area contributed by atoms with Crippen molar-refractivity contribution in [3.63, 3.8) is 0 Å². The summed E-state index contributed by atoms with van der Waals surface area (Å²) in [6.07, 6.45) is 4.34. The van der Waals surface area contributed by atoms with Gasteiger partial charge in [-0.05, 0) is 40.2 Å². The quantitative estimate of drug-likeness (QED) is 0.844. The maximum absolute atomic E-state index is 4.67. The number of aromatic nitrogens is 2. The Morgan fingerprint density at radius 2 is 2.05 bits per heavy atom. The zero-order valence-corrected chi connectivity index (χ0v) is 13.8. The van der Waals surface area contributed by atoms with Crippen LogP contribution in [0.5, 0.6) is 0 Å². The van der Waals surface area contributed by atoms with Gasteiger partial charge in [0.15, 0.2) is 0 Å². The number of hydrogen-bond donors (Lipinski definition) is 2. The number of piperidine rings is 1. The number of nitrogens with zero attached hydrogens (tertiary/aromatic N) is 3. The predicted octanol–water partition coefficient (Wildman–Crippen LogP) is 2.76. The molecule has 5 heteroatoms. The minimum atomic E-state index is 0.509. The van der Waals surface area contributed by atoms with Gasteiger partial charge >= 0.3 is 0 Å². The summed E-state index contributed by atoms with van der Waals surface area (Å²) in [6.45, 7) is 8.57. The van der Waals surface area contributed by atoms with Crippen LogP contribution in [0.4, 0.5) is 11.6 Å². The highest BCUT2D eigenvalue weighted by Gasteiger charge is 2.23. The van der Waals surface area contributed by atoms with E-state index >= 15 is 0 Å². The molecule has 0 saturated carbocycles. The van der Waals surface area contributed by atoms with Crippen molar-refractivity contribution in [2.45, 2.75) is 58.5 Å². The first-order chi connectivity index (χ1) is 10.1. The minimum Gasteiger partial charge on any atom is -0.370 e. The van der Waals surface area contributed by atoms with Crippen LogP contribution in [-0.4, -0.2) is 47.1 Å². The van der Waals surface area contributed by atoms with Crippen molar-refractivity contribution < 1.29 is 0 Å². The lowest BCUT2D eigenvalue weighted by Crippen LogP contribution is -2.42. The Morgan fingerprint density at radius 3 is 2.71 bits per heavy atom. The van der Waals surface area contributed by atoms with Crippen LogP contribution in [-0.2, 0) is 6.42 Å². The molecule has 2 atom stereocenters. The lowest BCUT2D eigenvalue weighted by atomic mass is 9.99. The molecule has 1 aliphatic heterocycles. The number of likely N-dealkylation sites (tertiary alicyclic amines) is 1. The molecule has 2 N–H and O–H groups in total. The third-order valence-corrected chi connectivity index (χ3v) is 4.16. The molecule has 0 aromatic carbocycles. The van der Waals surface area contributed by atoms with E-state index in [4.69, 9.17) is 0 Å². The van der Waals surface area contributed by atoms with E-state index in [9.17, 15) is 0 Å². The molecular formula is C16H29N5. The van der Waals surface area contributed by atoms with Crippen molar-refractivity contribution in [1.82, 2.24) is 14.9 Å². The Labute approximate surface area is 128 Å². The maximum Gasteiger partial charge on any atom is 0.133 e. The van der Waals surface area contributed by atoms with Gasteiger partial charge in [-0.2, -0.15) is 0 Å². The molecule has 21 heavy (non-hydrogen) atoms. The van der Waals surface area contributed by atoms with Crippen LogP contribution in [0.25, 0.3) is 0 Å². The fraction of sp³-hybridized carbons (Fsp3) is 0.750.